The van der Waals surface area contributed by atoms with E-state index in [1.54, 1.807) is 0 Å². The van der Waals surface area contributed by atoms with E-state index in [-0.39, 0.29) is 5.82 Å². The van der Waals surface area contributed by atoms with E-state index in [9.17, 15) is 4.39 Å². The molecule has 1 aromatic carbocycles. The summed E-state index contributed by atoms with van der Waals surface area (Å²) < 4.78 is 13.1. The number of hydrogen-bond donors (Lipinski definition) is 0. The van der Waals surface area contributed by atoms with Gasteiger partial charge in [-0.2, -0.15) is 0 Å². The van der Waals surface area contributed by atoms with Crippen LogP contribution in [0.3, 0.4) is 0 Å². The summed E-state index contributed by atoms with van der Waals surface area (Å²) in [5, 5.41) is 0. The maximum absolute atomic E-state index is 13.1. The lowest BCUT2D eigenvalue weighted by atomic mass is 10.2. The largest absolute Gasteiger partial charge is 0.249 e. The molecule has 0 bridgehead atoms. The van der Waals surface area contributed by atoms with Crippen molar-refractivity contribution in [2.24, 2.45) is 0 Å². The molecular formula is C11H11FN2. The Morgan fingerprint density at radius 3 is 2.36 bits per heavy atom. The van der Waals surface area contributed by atoms with E-state index in [2.05, 4.69) is 9.97 Å². The lowest BCUT2D eigenvalue weighted by molar-refractivity contribution is 0.628. The Labute approximate surface area is 81.8 Å². The van der Waals surface area contributed by atoms with Crippen LogP contribution in [0, 0.1) is 26.6 Å². The zero-order chi connectivity index (χ0) is 10.3. The van der Waals surface area contributed by atoms with Gasteiger partial charge in [0, 0.05) is 6.07 Å². The summed E-state index contributed by atoms with van der Waals surface area (Å²) in [5.74, 6) is -0.257. The summed E-state index contributed by atoms with van der Waals surface area (Å²) in [6.07, 6.45) is 0. The highest BCUT2D eigenvalue weighted by molar-refractivity contribution is 5.78. The molecule has 0 saturated carbocycles. The first-order valence-corrected chi connectivity index (χ1v) is 4.49. The Hall–Kier alpha value is -1.51. The van der Waals surface area contributed by atoms with Gasteiger partial charge in [0.2, 0.25) is 0 Å². The van der Waals surface area contributed by atoms with E-state index in [1.165, 1.54) is 12.1 Å². The molecule has 0 amide bonds. The number of aryl methyl sites for hydroxylation is 3. The number of aromatic nitrogens is 2. The molecule has 0 spiro atoms. The van der Waals surface area contributed by atoms with Gasteiger partial charge in [-0.05, 0) is 32.4 Å². The summed E-state index contributed by atoms with van der Waals surface area (Å²) in [5.41, 5.74) is 3.99. The highest BCUT2D eigenvalue weighted by Gasteiger charge is 2.05. The molecule has 2 nitrogen and oxygen atoms in total. The summed E-state index contributed by atoms with van der Waals surface area (Å²) in [7, 11) is 0. The zero-order valence-corrected chi connectivity index (χ0v) is 8.43. The molecule has 0 aliphatic heterocycles. The Morgan fingerprint density at radius 2 is 1.64 bits per heavy atom. The van der Waals surface area contributed by atoms with Crippen molar-refractivity contribution in [3.8, 4) is 0 Å². The van der Waals surface area contributed by atoms with E-state index >= 15 is 0 Å². The average Bonchev–Trinajstić information content (AvgIpc) is 2.08. The first-order valence-electron chi connectivity index (χ1n) is 4.49. The maximum Gasteiger partial charge on any atom is 0.125 e. The van der Waals surface area contributed by atoms with Crippen LogP contribution in [-0.4, -0.2) is 9.97 Å². The summed E-state index contributed by atoms with van der Waals surface area (Å²) >= 11 is 0. The Balaban J connectivity index is 2.89. The third kappa shape index (κ3) is 1.35. The van der Waals surface area contributed by atoms with E-state index < -0.39 is 0 Å². The molecule has 0 atom stereocenters. The number of hydrogen-bond acceptors (Lipinski definition) is 2. The lowest BCUT2D eigenvalue weighted by Gasteiger charge is -2.04. The van der Waals surface area contributed by atoms with Crippen LogP contribution in [0.1, 0.15) is 17.0 Å². The van der Waals surface area contributed by atoms with Crippen molar-refractivity contribution in [3.05, 3.63) is 34.9 Å². The highest BCUT2D eigenvalue weighted by Crippen LogP contribution is 2.17. The van der Waals surface area contributed by atoms with Crippen LogP contribution in [0.15, 0.2) is 12.1 Å². The number of halogens is 1. The molecule has 72 valence electrons. The topological polar surface area (TPSA) is 25.8 Å². The number of fused-ring (bicyclic) bond motifs is 1. The molecule has 1 heterocycles. The summed E-state index contributed by atoms with van der Waals surface area (Å²) in [6, 6.07) is 2.90. The van der Waals surface area contributed by atoms with Gasteiger partial charge in [-0.3, -0.25) is 0 Å². The quantitative estimate of drug-likeness (QED) is 0.638. The van der Waals surface area contributed by atoms with Gasteiger partial charge in [-0.15, -0.1) is 0 Å². The second-order valence-corrected chi connectivity index (χ2v) is 3.48. The van der Waals surface area contributed by atoms with Crippen molar-refractivity contribution < 1.29 is 4.39 Å². The van der Waals surface area contributed by atoms with Crippen LogP contribution in [0.5, 0.6) is 0 Å². The molecule has 0 aliphatic rings. The van der Waals surface area contributed by atoms with Crippen molar-refractivity contribution in [3.63, 3.8) is 0 Å². The van der Waals surface area contributed by atoms with Gasteiger partial charge < -0.3 is 0 Å². The minimum atomic E-state index is -0.257. The SMILES string of the molecule is Cc1nc2cc(F)cc(C)c2nc1C. The molecular weight excluding hydrogens is 179 g/mol. The third-order valence-electron chi connectivity index (χ3n) is 2.34. The zero-order valence-electron chi connectivity index (χ0n) is 8.43. The standard InChI is InChI=1S/C11H11FN2/c1-6-4-9(12)5-10-11(6)14-8(3)7(2)13-10/h4-5H,1-3H3. The monoisotopic (exact) mass is 190 g/mol. The van der Waals surface area contributed by atoms with Gasteiger partial charge in [-0.25, -0.2) is 14.4 Å². The fourth-order valence-corrected chi connectivity index (χ4v) is 1.46. The van der Waals surface area contributed by atoms with E-state index in [0.29, 0.717) is 5.52 Å². The number of rotatable bonds is 0. The Kier molecular flexibility index (Phi) is 1.95. The Morgan fingerprint density at radius 1 is 1.00 bits per heavy atom. The molecule has 0 saturated heterocycles. The van der Waals surface area contributed by atoms with Crippen LogP contribution in [-0.2, 0) is 0 Å². The molecule has 0 radical (unpaired) electrons. The van der Waals surface area contributed by atoms with Crippen molar-refractivity contribution in [2.45, 2.75) is 20.8 Å². The number of benzene rings is 1. The fraction of sp³-hybridized carbons (Fsp3) is 0.273. The molecule has 0 fully saturated rings. The fourth-order valence-electron chi connectivity index (χ4n) is 1.46. The van der Waals surface area contributed by atoms with Crippen molar-refractivity contribution in [2.75, 3.05) is 0 Å². The van der Waals surface area contributed by atoms with Crippen molar-refractivity contribution in [1.29, 1.82) is 0 Å². The predicted molar refractivity (Wildman–Crippen MR) is 53.7 cm³/mol. The molecule has 0 N–H and O–H groups in total. The maximum atomic E-state index is 13.1. The lowest BCUT2D eigenvalue weighted by Crippen LogP contribution is -1.95. The van der Waals surface area contributed by atoms with Gasteiger partial charge in [-0.1, -0.05) is 0 Å². The van der Waals surface area contributed by atoms with Gasteiger partial charge in [0.05, 0.1) is 22.4 Å². The predicted octanol–water partition coefficient (Wildman–Crippen LogP) is 2.69. The van der Waals surface area contributed by atoms with Gasteiger partial charge in [0.1, 0.15) is 5.82 Å². The smallest absolute Gasteiger partial charge is 0.125 e. The van der Waals surface area contributed by atoms with Crippen LogP contribution in [0.25, 0.3) is 11.0 Å². The minimum Gasteiger partial charge on any atom is -0.249 e. The molecule has 0 unspecified atom stereocenters. The van der Waals surface area contributed by atoms with Crippen molar-refractivity contribution in [1.82, 2.24) is 9.97 Å². The minimum absolute atomic E-state index is 0.257. The first kappa shape index (κ1) is 9.06. The number of nitrogens with zero attached hydrogens (tertiary/aromatic N) is 2. The molecule has 14 heavy (non-hydrogen) atoms. The van der Waals surface area contributed by atoms with Crippen LogP contribution < -0.4 is 0 Å². The summed E-state index contributed by atoms with van der Waals surface area (Å²) in [6.45, 7) is 5.63. The molecule has 2 aromatic rings. The molecule has 3 heteroatoms. The van der Waals surface area contributed by atoms with E-state index in [0.717, 1.165) is 22.5 Å². The third-order valence-corrected chi connectivity index (χ3v) is 2.34. The van der Waals surface area contributed by atoms with Gasteiger partial charge >= 0.3 is 0 Å². The highest BCUT2D eigenvalue weighted by atomic mass is 19.1. The second kappa shape index (κ2) is 3.01. The molecule has 0 aliphatic carbocycles. The normalized spacial score (nSPS) is 10.9. The average molecular weight is 190 g/mol. The van der Waals surface area contributed by atoms with Crippen molar-refractivity contribution >= 4 is 11.0 Å². The Bertz CT molecular complexity index is 506. The van der Waals surface area contributed by atoms with E-state index in [1.807, 2.05) is 20.8 Å². The second-order valence-electron chi connectivity index (χ2n) is 3.48. The van der Waals surface area contributed by atoms with Crippen LogP contribution >= 0.6 is 0 Å². The van der Waals surface area contributed by atoms with Crippen LogP contribution in [0.4, 0.5) is 4.39 Å². The van der Waals surface area contributed by atoms with Gasteiger partial charge in [0.15, 0.2) is 0 Å². The molecule has 1 aromatic heterocycles. The summed E-state index contributed by atoms with van der Waals surface area (Å²) in [4.78, 5) is 8.68. The van der Waals surface area contributed by atoms with E-state index in [4.69, 9.17) is 0 Å². The first-order chi connectivity index (χ1) is 6.58. The molecule has 2 rings (SSSR count). The van der Waals surface area contributed by atoms with Gasteiger partial charge in [0.25, 0.3) is 0 Å². The van der Waals surface area contributed by atoms with Crippen LogP contribution in [0.2, 0.25) is 0 Å².